The highest BCUT2D eigenvalue weighted by Crippen LogP contribution is 2.35. The zero-order valence-electron chi connectivity index (χ0n) is 23.3. The third-order valence-corrected chi connectivity index (χ3v) is 11.4. The normalized spacial score (nSPS) is 18.1. The number of allylic oxidation sites excluding steroid dienone is 1. The maximum absolute atomic E-state index is 13.7. The number of aromatic nitrogens is 2. The quantitative estimate of drug-likeness (QED) is 0.212. The van der Waals surface area contributed by atoms with Crippen molar-refractivity contribution in [2.24, 2.45) is 4.99 Å². The molecule has 2 aliphatic heterocycles. The molecule has 1 atom stereocenters. The zero-order valence-corrected chi connectivity index (χ0v) is 25.8. The molecule has 1 unspecified atom stereocenters. The number of thiophene rings is 1. The average molecular weight is 627 g/mol. The van der Waals surface area contributed by atoms with Crippen molar-refractivity contribution in [1.82, 2.24) is 20.2 Å². The van der Waals surface area contributed by atoms with E-state index in [1.165, 1.54) is 20.5 Å². The van der Waals surface area contributed by atoms with E-state index in [0.29, 0.717) is 23.1 Å². The summed E-state index contributed by atoms with van der Waals surface area (Å²) in [5, 5.41) is 6.70. The minimum absolute atomic E-state index is 0.191. The van der Waals surface area contributed by atoms with Crippen LogP contribution >= 0.6 is 22.7 Å². The summed E-state index contributed by atoms with van der Waals surface area (Å²) >= 11 is 2.87. The van der Waals surface area contributed by atoms with Gasteiger partial charge in [-0.15, -0.1) is 22.7 Å². The molecule has 0 bridgehead atoms. The molecule has 0 amide bonds. The van der Waals surface area contributed by atoms with Gasteiger partial charge in [0.05, 0.1) is 36.2 Å². The van der Waals surface area contributed by atoms with Crippen molar-refractivity contribution in [1.29, 1.82) is 0 Å². The minimum atomic E-state index is -3.75. The largest absolute Gasteiger partial charge is 0.380 e. The Hall–Kier alpha value is -3.07. The number of hydrogen-bond acceptors (Lipinski definition) is 10. The summed E-state index contributed by atoms with van der Waals surface area (Å²) in [6.07, 6.45) is 9.24. The number of H-pyrrole nitrogens is 1. The molecule has 4 aromatic rings. The monoisotopic (exact) mass is 626 g/mol. The van der Waals surface area contributed by atoms with E-state index in [2.05, 4.69) is 20.2 Å². The van der Waals surface area contributed by atoms with Crippen molar-refractivity contribution in [2.45, 2.75) is 43.0 Å². The standard InChI is InChI=1S/C29H34N6O4S3/c1-2-38-16-15-35(42(36,37)26-8-4-17-40-26)25-7-3-6-21-18-24(33-27(21)25)28-32-19-23(41-28)20-34-13-9-22(10-14-34)39-29-30-11-5-12-31-29/h3-8,11-12,17-19,22,29-30,33H,2,9-10,13-16,20H2,1H3. The molecule has 1 aromatic carbocycles. The Kier molecular flexibility index (Phi) is 9.03. The van der Waals surface area contributed by atoms with E-state index in [0.717, 1.165) is 54.1 Å². The smallest absolute Gasteiger partial charge is 0.273 e. The van der Waals surface area contributed by atoms with Gasteiger partial charge in [0.15, 0.2) is 0 Å². The number of piperidine rings is 1. The summed E-state index contributed by atoms with van der Waals surface area (Å²) < 4.78 is 40.7. The topological polar surface area (TPSA) is 112 Å². The van der Waals surface area contributed by atoms with E-state index in [1.54, 1.807) is 35.1 Å². The van der Waals surface area contributed by atoms with Gasteiger partial charge in [-0.05, 0) is 49.4 Å². The van der Waals surface area contributed by atoms with Gasteiger partial charge in [0.1, 0.15) is 9.22 Å². The Balaban J connectivity index is 1.16. The van der Waals surface area contributed by atoms with Crippen molar-refractivity contribution >= 4 is 55.5 Å². The third kappa shape index (κ3) is 6.46. The van der Waals surface area contributed by atoms with Crippen LogP contribution in [-0.4, -0.2) is 74.8 Å². The molecule has 3 aromatic heterocycles. The highest BCUT2D eigenvalue weighted by atomic mass is 32.2. The molecule has 222 valence electrons. The second-order valence-electron chi connectivity index (χ2n) is 10.1. The molecule has 10 nitrogen and oxygen atoms in total. The molecular weight excluding hydrogens is 593 g/mol. The minimum Gasteiger partial charge on any atom is -0.380 e. The fourth-order valence-corrected chi connectivity index (χ4v) is 8.67. The van der Waals surface area contributed by atoms with Gasteiger partial charge in [0.2, 0.25) is 6.35 Å². The lowest BCUT2D eigenvalue weighted by Gasteiger charge is -2.33. The summed E-state index contributed by atoms with van der Waals surface area (Å²) in [6, 6.07) is 11.2. The Morgan fingerprint density at radius 2 is 2.07 bits per heavy atom. The number of benzene rings is 1. The van der Waals surface area contributed by atoms with Crippen molar-refractivity contribution < 1.29 is 17.9 Å². The molecule has 1 saturated heterocycles. The fourth-order valence-electron chi connectivity index (χ4n) is 5.18. The predicted octanol–water partition coefficient (Wildman–Crippen LogP) is 5.04. The summed E-state index contributed by atoms with van der Waals surface area (Å²) in [7, 11) is -3.75. The van der Waals surface area contributed by atoms with Gasteiger partial charge in [-0.25, -0.2) is 18.4 Å². The zero-order chi connectivity index (χ0) is 28.9. The van der Waals surface area contributed by atoms with Gasteiger partial charge in [-0.1, -0.05) is 18.2 Å². The Morgan fingerprint density at radius 3 is 2.83 bits per heavy atom. The highest BCUT2D eigenvalue weighted by Gasteiger charge is 2.28. The van der Waals surface area contributed by atoms with Crippen LogP contribution in [0, 0.1) is 0 Å². The van der Waals surface area contributed by atoms with Crippen LogP contribution in [0.2, 0.25) is 0 Å². The van der Waals surface area contributed by atoms with E-state index in [9.17, 15) is 8.42 Å². The second-order valence-corrected chi connectivity index (χ2v) is 14.2. The lowest BCUT2D eigenvalue weighted by atomic mass is 10.1. The number of rotatable bonds is 12. The number of aliphatic imine (C=N–C) groups is 1. The molecule has 5 heterocycles. The lowest BCUT2D eigenvalue weighted by Crippen LogP contribution is -2.40. The fraction of sp³-hybridized carbons (Fsp3) is 0.379. The first-order valence-electron chi connectivity index (χ1n) is 14.0. The van der Waals surface area contributed by atoms with Crippen LogP contribution in [0.4, 0.5) is 5.69 Å². The number of thiazole rings is 1. The summed E-state index contributed by atoms with van der Waals surface area (Å²) in [6.45, 7) is 5.68. The number of nitrogens with one attached hydrogen (secondary N) is 2. The molecule has 0 spiro atoms. The van der Waals surface area contributed by atoms with Crippen molar-refractivity contribution in [3.8, 4) is 10.7 Å². The number of fused-ring (bicyclic) bond motifs is 1. The highest BCUT2D eigenvalue weighted by molar-refractivity contribution is 7.94. The first-order valence-corrected chi connectivity index (χ1v) is 17.2. The number of sulfonamides is 1. The van der Waals surface area contributed by atoms with Crippen LogP contribution in [0.1, 0.15) is 24.6 Å². The van der Waals surface area contributed by atoms with Crippen LogP contribution in [-0.2, 0) is 26.0 Å². The Labute approximate surface area is 253 Å². The number of ether oxygens (including phenoxy) is 2. The van der Waals surface area contributed by atoms with Gasteiger partial charge in [-0.2, -0.15) is 0 Å². The number of anilines is 1. The summed E-state index contributed by atoms with van der Waals surface area (Å²) in [4.78, 5) is 16.1. The molecule has 42 heavy (non-hydrogen) atoms. The maximum Gasteiger partial charge on any atom is 0.273 e. The first-order chi connectivity index (χ1) is 20.5. The van der Waals surface area contributed by atoms with Gasteiger partial charge in [0.25, 0.3) is 10.0 Å². The van der Waals surface area contributed by atoms with Crippen molar-refractivity contribution in [3.05, 3.63) is 65.1 Å². The molecule has 2 N–H and O–H groups in total. The predicted molar refractivity (Wildman–Crippen MR) is 169 cm³/mol. The van der Waals surface area contributed by atoms with Crippen LogP contribution < -0.4 is 9.62 Å². The molecule has 0 saturated carbocycles. The molecule has 0 aliphatic carbocycles. The second kappa shape index (κ2) is 13.1. The van der Waals surface area contributed by atoms with Crippen LogP contribution in [0.5, 0.6) is 0 Å². The molecule has 0 radical (unpaired) electrons. The van der Waals surface area contributed by atoms with E-state index in [1.807, 2.05) is 49.7 Å². The maximum atomic E-state index is 13.7. The Bertz CT molecular complexity index is 1640. The SMILES string of the molecule is CCOCCN(c1cccc2cc(-c3ncc(CN4CCC(OC5N=CC=CN5)CC4)s3)[nH]c12)S(=O)(=O)c1cccs1. The van der Waals surface area contributed by atoms with Gasteiger partial charge >= 0.3 is 0 Å². The van der Waals surface area contributed by atoms with Crippen LogP contribution in [0.25, 0.3) is 21.6 Å². The number of hydrogen-bond donors (Lipinski definition) is 2. The number of likely N-dealkylation sites (tertiary alicyclic amines) is 1. The van der Waals surface area contributed by atoms with E-state index in [-0.39, 0.29) is 19.0 Å². The van der Waals surface area contributed by atoms with E-state index >= 15 is 0 Å². The molecule has 1 fully saturated rings. The molecule has 2 aliphatic rings. The lowest BCUT2D eigenvalue weighted by molar-refractivity contribution is -0.0480. The number of para-hydroxylation sites is 1. The van der Waals surface area contributed by atoms with Crippen molar-refractivity contribution in [3.63, 3.8) is 0 Å². The number of nitrogens with zero attached hydrogens (tertiary/aromatic N) is 4. The average Bonchev–Trinajstić information content (AvgIpc) is 3.78. The number of aromatic amines is 1. The summed E-state index contributed by atoms with van der Waals surface area (Å²) in [5.74, 6) is 0. The van der Waals surface area contributed by atoms with E-state index in [4.69, 9.17) is 14.5 Å². The molecular formula is C29H34N6O4S3. The van der Waals surface area contributed by atoms with Gasteiger partial charge in [-0.3, -0.25) is 9.21 Å². The third-order valence-electron chi connectivity index (χ3n) is 7.25. The van der Waals surface area contributed by atoms with Gasteiger partial charge in [0, 0.05) is 55.1 Å². The van der Waals surface area contributed by atoms with Crippen LogP contribution in [0.3, 0.4) is 0 Å². The van der Waals surface area contributed by atoms with Gasteiger partial charge < -0.3 is 19.8 Å². The molecule has 13 heteroatoms. The Morgan fingerprint density at radius 1 is 1.19 bits per heavy atom. The van der Waals surface area contributed by atoms with Crippen molar-refractivity contribution in [2.75, 3.05) is 37.2 Å². The summed E-state index contributed by atoms with van der Waals surface area (Å²) in [5.41, 5.74) is 2.22. The van der Waals surface area contributed by atoms with E-state index < -0.39 is 10.0 Å². The first kappa shape index (κ1) is 29.0. The van der Waals surface area contributed by atoms with Crippen LogP contribution in [0.15, 0.2) is 69.5 Å². The molecule has 6 rings (SSSR count).